The first kappa shape index (κ1) is 13.2. The summed E-state index contributed by atoms with van der Waals surface area (Å²) in [5.74, 6) is 0.705. The van der Waals surface area contributed by atoms with Gasteiger partial charge in [0.1, 0.15) is 0 Å². The van der Waals surface area contributed by atoms with E-state index in [-0.39, 0.29) is 6.04 Å². The highest BCUT2D eigenvalue weighted by atomic mass is 14.6. The predicted octanol–water partition coefficient (Wildman–Crippen LogP) is 2.62. The number of hydrogen-bond donors (Lipinski definition) is 2. The molecule has 0 bridgehead atoms. The quantitative estimate of drug-likeness (QED) is 0.774. The van der Waals surface area contributed by atoms with Crippen molar-refractivity contribution in [3.05, 3.63) is 35.4 Å². The lowest BCUT2D eigenvalue weighted by Crippen LogP contribution is -2.12. The lowest BCUT2D eigenvalue weighted by atomic mass is 9.98. The number of hydrogen-bond acceptors (Lipinski definition) is 2. The van der Waals surface area contributed by atoms with E-state index in [1.165, 1.54) is 11.1 Å². The molecule has 0 aromatic heterocycles. The summed E-state index contributed by atoms with van der Waals surface area (Å²) in [4.78, 5) is 0. The van der Waals surface area contributed by atoms with Gasteiger partial charge in [-0.15, -0.1) is 0 Å². The van der Waals surface area contributed by atoms with Crippen LogP contribution in [0.3, 0.4) is 0 Å². The topological polar surface area (TPSA) is 52.0 Å². The maximum atomic E-state index is 6.08. The highest BCUT2D eigenvalue weighted by Gasteiger charge is 2.05. The molecule has 0 aliphatic heterocycles. The van der Waals surface area contributed by atoms with Crippen LogP contribution in [0.4, 0.5) is 0 Å². The maximum absolute atomic E-state index is 6.08. The molecule has 0 saturated carbocycles. The molecular formula is C14H24N2. The van der Waals surface area contributed by atoms with Crippen LogP contribution in [-0.4, -0.2) is 6.54 Å². The van der Waals surface area contributed by atoms with Crippen LogP contribution in [-0.2, 0) is 6.42 Å². The van der Waals surface area contributed by atoms with Crippen LogP contribution < -0.4 is 11.5 Å². The third kappa shape index (κ3) is 4.33. The van der Waals surface area contributed by atoms with Crippen molar-refractivity contribution in [1.82, 2.24) is 0 Å². The Morgan fingerprint density at radius 1 is 1.12 bits per heavy atom. The second-order valence-corrected chi connectivity index (χ2v) is 4.88. The molecule has 4 N–H and O–H groups in total. The Hall–Kier alpha value is -0.860. The zero-order chi connectivity index (χ0) is 12.0. The fourth-order valence-corrected chi connectivity index (χ4v) is 1.88. The standard InChI is InChI=1S/C14H24N2/c1-11(2)10-12-5-7-13(8-6-12)14(16)4-3-9-15/h5-8,11,14H,3-4,9-10,15-16H2,1-2H3. The molecule has 90 valence electrons. The van der Waals surface area contributed by atoms with E-state index in [1.54, 1.807) is 0 Å². The van der Waals surface area contributed by atoms with Gasteiger partial charge in [0.05, 0.1) is 0 Å². The molecule has 0 spiro atoms. The first-order valence-electron chi connectivity index (χ1n) is 6.18. The van der Waals surface area contributed by atoms with Crippen molar-refractivity contribution >= 4 is 0 Å². The predicted molar refractivity (Wildman–Crippen MR) is 70.2 cm³/mol. The summed E-state index contributed by atoms with van der Waals surface area (Å²) < 4.78 is 0. The minimum Gasteiger partial charge on any atom is -0.330 e. The van der Waals surface area contributed by atoms with Crippen molar-refractivity contribution in [2.45, 2.75) is 39.2 Å². The third-order valence-electron chi connectivity index (χ3n) is 2.77. The van der Waals surface area contributed by atoms with Gasteiger partial charge in [0.25, 0.3) is 0 Å². The summed E-state index contributed by atoms with van der Waals surface area (Å²) >= 11 is 0. The maximum Gasteiger partial charge on any atom is 0.0295 e. The summed E-state index contributed by atoms with van der Waals surface area (Å²) in [6.45, 7) is 5.20. The zero-order valence-electron chi connectivity index (χ0n) is 10.4. The third-order valence-corrected chi connectivity index (χ3v) is 2.77. The molecule has 2 nitrogen and oxygen atoms in total. The van der Waals surface area contributed by atoms with E-state index in [9.17, 15) is 0 Å². The molecule has 1 aromatic rings. The van der Waals surface area contributed by atoms with Crippen molar-refractivity contribution in [2.75, 3.05) is 6.54 Å². The average Bonchev–Trinajstić information content (AvgIpc) is 2.26. The fraction of sp³-hybridized carbons (Fsp3) is 0.571. The summed E-state index contributed by atoms with van der Waals surface area (Å²) in [5.41, 5.74) is 14.2. The highest BCUT2D eigenvalue weighted by molar-refractivity contribution is 5.25. The van der Waals surface area contributed by atoms with E-state index >= 15 is 0 Å². The van der Waals surface area contributed by atoms with Crippen molar-refractivity contribution < 1.29 is 0 Å². The molecule has 0 heterocycles. The summed E-state index contributed by atoms with van der Waals surface area (Å²) in [7, 11) is 0. The summed E-state index contributed by atoms with van der Waals surface area (Å²) in [6, 6.07) is 8.82. The molecular weight excluding hydrogens is 196 g/mol. The van der Waals surface area contributed by atoms with E-state index in [0.717, 1.165) is 25.8 Å². The molecule has 0 aliphatic rings. The normalized spacial score (nSPS) is 13.1. The lowest BCUT2D eigenvalue weighted by Gasteiger charge is -2.12. The molecule has 2 heteroatoms. The Bertz CT molecular complexity index is 290. The van der Waals surface area contributed by atoms with Crippen LogP contribution in [0.25, 0.3) is 0 Å². The van der Waals surface area contributed by atoms with Gasteiger partial charge in [0, 0.05) is 6.04 Å². The molecule has 0 aliphatic carbocycles. The van der Waals surface area contributed by atoms with Gasteiger partial charge >= 0.3 is 0 Å². The molecule has 0 radical (unpaired) electrons. The van der Waals surface area contributed by atoms with Gasteiger partial charge < -0.3 is 11.5 Å². The fourth-order valence-electron chi connectivity index (χ4n) is 1.88. The highest BCUT2D eigenvalue weighted by Crippen LogP contribution is 2.17. The molecule has 1 unspecified atom stereocenters. The first-order chi connectivity index (χ1) is 7.63. The summed E-state index contributed by atoms with van der Waals surface area (Å²) in [5, 5.41) is 0. The lowest BCUT2D eigenvalue weighted by molar-refractivity contribution is 0.616. The van der Waals surface area contributed by atoms with Gasteiger partial charge in [0.2, 0.25) is 0 Å². The summed E-state index contributed by atoms with van der Waals surface area (Å²) in [6.07, 6.45) is 3.10. The Balaban J connectivity index is 2.56. The van der Waals surface area contributed by atoms with E-state index < -0.39 is 0 Å². The molecule has 1 atom stereocenters. The second-order valence-electron chi connectivity index (χ2n) is 4.88. The Morgan fingerprint density at radius 3 is 2.25 bits per heavy atom. The number of rotatable bonds is 6. The Morgan fingerprint density at radius 2 is 1.75 bits per heavy atom. The zero-order valence-corrected chi connectivity index (χ0v) is 10.4. The largest absolute Gasteiger partial charge is 0.330 e. The number of nitrogens with two attached hydrogens (primary N) is 2. The van der Waals surface area contributed by atoms with Crippen LogP contribution >= 0.6 is 0 Å². The van der Waals surface area contributed by atoms with Crippen LogP contribution in [0, 0.1) is 5.92 Å². The van der Waals surface area contributed by atoms with Crippen molar-refractivity contribution in [3.8, 4) is 0 Å². The van der Waals surface area contributed by atoms with Crippen LogP contribution in [0.2, 0.25) is 0 Å². The van der Waals surface area contributed by atoms with Gasteiger partial charge in [-0.1, -0.05) is 38.1 Å². The monoisotopic (exact) mass is 220 g/mol. The Kier molecular flexibility index (Phi) is 5.50. The van der Waals surface area contributed by atoms with Gasteiger partial charge in [-0.05, 0) is 42.9 Å². The SMILES string of the molecule is CC(C)Cc1ccc(C(N)CCCN)cc1. The van der Waals surface area contributed by atoms with Gasteiger partial charge in [0.15, 0.2) is 0 Å². The number of benzene rings is 1. The Labute approximate surface area is 99.0 Å². The first-order valence-corrected chi connectivity index (χ1v) is 6.18. The van der Waals surface area contributed by atoms with E-state index in [4.69, 9.17) is 11.5 Å². The molecule has 0 fully saturated rings. The minimum absolute atomic E-state index is 0.136. The molecule has 1 rings (SSSR count). The van der Waals surface area contributed by atoms with Crippen LogP contribution in [0.1, 0.15) is 43.9 Å². The van der Waals surface area contributed by atoms with Crippen LogP contribution in [0.15, 0.2) is 24.3 Å². The van der Waals surface area contributed by atoms with Crippen molar-refractivity contribution in [3.63, 3.8) is 0 Å². The van der Waals surface area contributed by atoms with E-state index in [1.807, 2.05) is 0 Å². The van der Waals surface area contributed by atoms with E-state index in [2.05, 4.69) is 38.1 Å². The van der Waals surface area contributed by atoms with Gasteiger partial charge in [-0.25, -0.2) is 0 Å². The smallest absolute Gasteiger partial charge is 0.0295 e. The van der Waals surface area contributed by atoms with Crippen LogP contribution in [0.5, 0.6) is 0 Å². The molecule has 1 aromatic carbocycles. The van der Waals surface area contributed by atoms with Crippen molar-refractivity contribution in [2.24, 2.45) is 17.4 Å². The molecule has 0 amide bonds. The minimum atomic E-state index is 0.136. The van der Waals surface area contributed by atoms with Gasteiger partial charge in [-0.2, -0.15) is 0 Å². The second kappa shape index (κ2) is 6.66. The molecule has 16 heavy (non-hydrogen) atoms. The average molecular weight is 220 g/mol. The molecule has 0 saturated heterocycles. The van der Waals surface area contributed by atoms with Crippen molar-refractivity contribution in [1.29, 1.82) is 0 Å². The van der Waals surface area contributed by atoms with E-state index in [0.29, 0.717) is 5.92 Å². The van der Waals surface area contributed by atoms with Gasteiger partial charge in [-0.3, -0.25) is 0 Å².